The fraction of sp³-hybridized carbons (Fsp3) is 0.0455. The molecule has 31 heavy (non-hydrogen) atoms. The average Bonchev–Trinajstić information content (AvgIpc) is 3.39. The molecule has 156 valence electrons. The van der Waals surface area contributed by atoms with Gasteiger partial charge in [0.2, 0.25) is 0 Å². The van der Waals surface area contributed by atoms with Crippen LogP contribution in [-0.2, 0) is 4.79 Å². The molecule has 3 aromatic rings. The molecule has 2 aromatic carbocycles. The van der Waals surface area contributed by atoms with Crippen LogP contribution in [0.3, 0.4) is 0 Å². The predicted molar refractivity (Wildman–Crippen MR) is 132 cm³/mol. The van der Waals surface area contributed by atoms with Crippen LogP contribution in [-0.4, -0.2) is 23.3 Å². The third kappa shape index (κ3) is 4.59. The predicted octanol–water partition coefficient (Wildman–Crippen LogP) is 6.14. The van der Waals surface area contributed by atoms with E-state index in [-0.39, 0.29) is 11.7 Å². The van der Waals surface area contributed by atoms with Crippen LogP contribution in [0.1, 0.15) is 15.2 Å². The monoisotopic (exact) mass is 531 g/mol. The van der Waals surface area contributed by atoms with Crippen molar-refractivity contribution in [3.05, 3.63) is 79.8 Å². The summed E-state index contributed by atoms with van der Waals surface area (Å²) in [6.07, 6.45) is 1.74. The van der Waals surface area contributed by atoms with Gasteiger partial charge in [0, 0.05) is 0 Å². The molecule has 1 aromatic heterocycles. The van der Waals surface area contributed by atoms with Crippen molar-refractivity contribution in [1.29, 1.82) is 0 Å². The highest BCUT2D eigenvalue weighted by molar-refractivity contribution is 9.10. The van der Waals surface area contributed by atoms with Crippen molar-refractivity contribution in [3.8, 4) is 11.5 Å². The zero-order valence-electron chi connectivity index (χ0n) is 16.0. The van der Waals surface area contributed by atoms with Gasteiger partial charge in [-0.2, -0.15) is 0 Å². The highest BCUT2D eigenvalue weighted by atomic mass is 79.9. The van der Waals surface area contributed by atoms with Crippen molar-refractivity contribution in [2.45, 2.75) is 0 Å². The Morgan fingerprint density at radius 2 is 1.94 bits per heavy atom. The minimum Gasteiger partial charge on any atom is -0.493 e. The maximum atomic E-state index is 12.9. The number of hydrogen-bond donors (Lipinski definition) is 0. The number of esters is 1. The lowest BCUT2D eigenvalue weighted by Gasteiger charge is -2.14. The van der Waals surface area contributed by atoms with Gasteiger partial charge in [0.1, 0.15) is 4.88 Å². The van der Waals surface area contributed by atoms with Gasteiger partial charge in [-0.3, -0.25) is 9.69 Å². The molecule has 0 bridgehead atoms. The third-order valence-corrected chi connectivity index (χ3v) is 7.02. The Morgan fingerprint density at radius 3 is 2.61 bits per heavy atom. The molecule has 0 N–H and O–H groups in total. The van der Waals surface area contributed by atoms with Gasteiger partial charge in [-0.15, -0.1) is 11.3 Å². The van der Waals surface area contributed by atoms with Gasteiger partial charge in [0.15, 0.2) is 15.8 Å². The largest absolute Gasteiger partial charge is 0.493 e. The van der Waals surface area contributed by atoms with Crippen molar-refractivity contribution in [1.82, 2.24) is 0 Å². The summed E-state index contributed by atoms with van der Waals surface area (Å²) in [6, 6.07) is 16.2. The Balaban J connectivity index is 1.62. The number of benzene rings is 2. The molecular weight excluding hydrogens is 518 g/mol. The first kappa shape index (κ1) is 21.8. The van der Waals surface area contributed by atoms with E-state index in [0.29, 0.717) is 29.9 Å². The minimum absolute atomic E-state index is 0.190. The number of amides is 1. The molecule has 0 saturated carbocycles. The number of halogens is 1. The second-order valence-electron chi connectivity index (χ2n) is 6.25. The molecule has 0 atom stereocenters. The van der Waals surface area contributed by atoms with Crippen LogP contribution in [0.5, 0.6) is 11.5 Å². The van der Waals surface area contributed by atoms with Gasteiger partial charge >= 0.3 is 5.97 Å². The summed E-state index contributed by atoms with van der Waals surface area (Å²) in [5, 5.41) is 1.80. The lowest BCUT2D eigenvalue weighted by Crippen LogP contribution is -2.27. The number of carbonyl (C=O) groups is 2. The van der Waals surface area contributed by atoms with Crippen LogP contribution in [0.4, 0.5) is 5.69 Å². The quantitative estimate of drug-likeness (QED) is 0.170. The van der Waals surface area contributed by atoms with E-state index in [1.54, 1.807) is 35.7 Å². The first-order valence-electron chi connectivity index (χ1n) is 8.94. The van der Waals surface area contributed by atoms with Gasteiger partial charge in [-0.05, 0) is 63.3 Å². The summed E-state index contributed by atoms with van der Waals surface area (Å²) in [5.41, 5.74) is 1.43. The van der Waals surface area contributed by atoms with Gasteiger partial charge in [0.05, 0.1) is 22.2 Å². The lowest BCUT2D eigenvalue weighted by atomic mass is 10.1. The van der Waals surface area contributed by atoms with E-state index in [2.05, 4.69) is 15.9 Å². The van der Waals surface area contributed by atoms with E-state index in [4.69, 9.17) is 21.7 Å². The molecule has 1 aliphatic heterocycles. The average molecular weight is 532 g/mol. The smallest absolute Gasteiger partial charge is 0.353 e. The highest BCUT2D eigenvalue weighted by Crippen LogP contribution is 2.40. The lowest BCUT2D eigenvalue weighted by molar-refractivity contribution is -0.113. The van der Waals surface area contributed by atoms with Crippen LogP contribution >= 0.6 is 51.2 Å². The first-order valence-corrected chi connectivity index (χ1v) is 11.8. The fourth-order valence-corrected chi connectivity index (χ4v) is 5.32. The molecule has 5 nitrogen and oxygen atoms in total. The number of carbonyl (C=O) groups excluding carboxylic acids is 2. The fourth-order valence-electron chi connectivity index (χ4n) is 2.88. The number of thiophene rings is 1. The van der Waals surface area contributed by atoms with Gasteiger partial charge in [-0.1, -0.05) is 48.2 Å². The van der Waals surface area contributed by atoms with Crippen LogP contribution in [0.2, 0.25) is 0 Å². The van der Waals surface area contributed by atoms with Crippen LogP contribution in [0, 0.1) is 0 Å². The Hall–Kier alpha value is -2.46. The number of para-hydroxylation sites is 1. The second-order valence-corrected chi connectivity index (χ2v) is 9.73. The van der Waals surface area contributed by atoms with Gasteiger partial charge in [-0.25, -0.2) is 4.79 Å². The molecule has 1 amide bonds. The van der Waals surface area contributed by atoms with Crippen molar-refractivity contribution in [2.24, 2.45) is 0 Å². The highest BCUT2D eigenvalue weighted by Gasteiger charge is 2.33. The normalized spacial score (nSPS) is 14.9. The van der Waals surface area contributed by atoms with Crippen LogP contribution in [0.15, 0.2) is 69.4 Å². The number of ether oxygens (including phenoxy) is 2. The van der Waals surface area contributed by atoms with E-state index in [1.165, 1.54) is 35.1 Å². The Labute approximate surface area is 200 Å². The summed E-state index contributed by atoms with van der Waals surface area (Å²) in [5.74, 6) is -0.0195. The van der Waals surface area contributed by atoms with Gasteiger partial charge < -0.3 is 9.47 Å². The zero-order valence-corrected chi connectivity index (χ0v) is 20.1. The number of thioether (sulfide) groups is 1. The number of anilines is 1. The molecule has 9 heteroatoms. The molecule has 0 unspecified atom stereocenters. The molecular formula is C22H14BrNO4S3. The molecule has 1 aliphatic rings. The first-order chi connectivity index (χ1) is 15.0. The molecule has 0 spiro atoms. The minimum atomic E-state index is -0.467. The molecule has 1 saturated heterocycles. The Morgan fingerprint density at radius 1 is 1.16 bits per heavy atom. The van der Waals surface area contributed by atoms with Crippen LogP contribution < -0.4 is 14.4 Å². The maximum absolute atomic E-state index is 12.9. The summed E-state index contributed by atoms with van der Waals surface area (Å²) in [4.78, 5) is 27.8. The standard InChI is InChI=1S/C22H14BrNO4S3/c1-27-16-11-13(10-15(23)19(16)28-21(26)17-8-5-9-30-17)12-18-20(25)24(22(29)31-18)14-6-3-2-4-7-14/h2-12H,1H3/b18-12+. The van der Waals surface area contributed by atoms with Crippen molar-refractivity contribution < 1.29 is 19.1 Å². The number of nitrogens with zero attached hydrogens (tertiary/aromatic N) is 1. The zero-order chi connectivity index (χ0) is 22.0. The molecule has 4 rings (SSSR count). The van der Waals surface area contributed by atoms with E-state index >= 15 is 0 Å². The molecule has 0 aliphatic carbocycles. The van der Waals surface area contributed by atoms with Crippen molar-refractivity contribution >= 4 is 79.2 Å². The van der Waals surface area contributed by atoms with E-state index in [1.807, 2.05) is 30.3 Å². The summed E-state index contributed by atoms with van der Waals surface area (Å²) in [7, 11) is 1.49. The summed E-state index contributed by atoms with van der Waals surface area (Å²) in [6.45, 7) is 0. The Kier molecular flexibility index (Phi) is 6.57. The topological polar surface area (TPSA) is 55.8 Å². The maximum Gasteiger partial charge on any atom is 0.353 e. The van der Waals surface area contributed by atoms with E-state index < -0.39 is 5.97 Å². The number of rotatable bonds is 5. The third-order valence-electron chi connectivity index (χ3n) is 4.27. The number of thiocarbonyl (C=S) groups is 1. The molecule has 2 heterocycles. The summed E-state index contributed by atoms with van der Waals surface area (Å²) >= 11 is 11.4. The van der Waals surface area contributed by atoms with Crippen molar-refractivity contribution in [2.75, 3.05) is 12.0 Å². The van der Waals surface area contributed by atoms with Gasteiger partial charge in [0.25, 0.3) is 5.91 Å². The van der Waals surface area contributed by atoms with Crippen LogP contribution in [0.25, 0.3) is 6.08 Å². The number of methoxy groups -OCH3 is 1. The Bertz CT molecular complexity index is 1190. The number of hydrogen-bond acceptors (Lipinski definition) is 7. The van der Waals surface area contributed by atoms with Crippen molar-refractivity contribution in [3.63, 3.8) is 0 Å². The molecule has 1 fully saturated rings. The summed E-state index contributed by atoms with van der Waals surface area (Å²) < 4.78 is 12.0. The van der Waals surface area contributed by atoms with E-state index in [9.17, 15) is 9.59 Å². The van der Waals surface area contributed by atoms with E-state index in [0.717, 1.165) is 5.69 Å². The molecule has 0 radical (unpaired) electrons. The second kappa shape index (κ2) is 9.35. The SMILES string of the molecule is COc1cc(/C=C2/SC(=S)N(c3ccccc3)C2=O)cc(Br)c1OC(=O)c1cccs1.